The van der Waals surface area contributed by atoms with Gasteiger partial charge in [0, 0.05) is 0 Å². The zero-order valence-corrected chi connectivity index (χ0v) is 7.22. The summed E-state index contributed by atoms with van der Waals surface area (Å²) in [5.74, 6) is -3.38. The summed E-state index contributed by atoms with van der Waals surface area (Å²) < 4.78 is 39.8. The number of carbonyl (C=O) groups is 2. The van der Waals surface area contributed by atoms with Gasteiger partial charge in [0.25, 0.3) is 0 Å². The third-order valence-corrected chi connectivity index (χ3v) is 1.95. The smallest absolute Gasteiger partial charge is 0.463 e. The van der Waals surface area contributed by atoms with Crippen LogP contribution < -0.4 is 5.32 Å². The molecule has 14 heavy (non-hydrogen) atoms. The molecular weight excluding hydrogens is 203 g/mol. The molecular formula is C7H8F3NO3. The minimum Gasteiger partial charge on any atom is -0.463 e. The Bertz CT molecular complexity index is 263. The van der Waals surface area contributed by atoms with Crippen LogP contribution in [0.1, 0.15) is 6.92 Å². The maximum atomic E-state index is 11.8. The molecule has 0 aromatic heterocycles. The van der Waals surface area contributed by atoms with Crippen LogP contribution in [0, 0.1) is 5.92 Å². The van der Waals surface area contributed by atoms with Gasteiger partial charge in [0.05, 0.1) is 12.0 Å². The molecule has 1 heterocycles. The van der Waals surface area contributed by atoms with Gasteiger partial charge in [0.15, 0.2) is 0 Å². The van der Waals surface area contributed by atoms with Crippen LogP contribution in [-0.2, 0) is 14.3 Å². The lowest BCUT2D eigenvalue weighted by Crippen LogP contribution is -2.46. The number of ether oxygens (including phenoxy) is 1. The van der Waals surface area contributed by atoms with Crippen molar-refractivity contribution in [3.63, 3.8) is 0 Å². The first-order valence-electron chi connectivity index (χ1n) is 3.86. The van der Waals surface area contributed by atoms with Crippen molar-refractivity contribution < 1.29 is 27.5 Å². The first-order valence-corrected chi connectivity index (χ1v) is 3.86. The number of rotatable bonds is 1. The fourth-order valence-electron chi connectivity index (χ4n) is 1.03. The van der Waals surface area contributed by atoms with E-state index in [4.69, 9.17) is 0 Å². The monoisotopic (exact) mass is 211 g/mol. The summed E-state index contributed by atoms with van der Waals surface area (Å²) in [4.78, 5) is 21.2. The lowest BCUT2D eigenvalue weighted by molar-refractivity contribution is -0.174. The van der Waals surface area contributed by atoms with Crippen molar-refractivity contribution in [2.45, 2.75) is 19.1 Å². The topological polar surface area (TPSA) is 55.4 Å². The highest BCUT2D eigenvalue weighted by Gasteiger charge is 2.43. The molecule has 80 valence electrons. The van der Waals surface area contributed by atoms with Crippen molar-refractivity contribution in [3.05, 3.63) is 0 Å². The van der Waals surface area contributed by atoms with Crippen LogP contribution in [0.5, 0.6) is 0 Å². The standard InChI is InChI=1S/C7H8F3NO3/c1-3-4(2-14-5(3)12)11-6(13)7(8,9)10/h3-4H,2H2,1H3,(H,11,13)/t3-,4-/m1/s1. The summed E-state index contributed by atoms with van der Waals surface area (Å²) in [5, 5.41) is 1.69. The Morgan fingerprint density at radius 3 is 2.50 bits per heavy atom. The number of carbonyl (C=O) groups excluding carboxylic acids is 2. The lowest BCUT2D eigenvalue weighted by atomic mass is 10.1. The van der Waals surface area contributed by atoms with E-state index in [-0.39, 0.29) is 6.61 Å². The fraction of sp³-hybridized carbons (Fsp3) is 0.714. The molecule has 1 rings (SSSR count). The molecule has 0 spiro atoms. The third kappa shape index (κ3) is 2.15. The van der Waals surface area contributed by atoms with Gasteiger partial charge in [-0.2, -0.15) is 13.2 Å². The quantitative estimate of drug-likeness (QED) is 0.631. The summed E-state index contributed by atoms with van der Waals surface area (Å²) in [7, 11) is 0. The summed E-state index contributed by atoms with van der Waals surface area (Å²) in [6, 6.07) is -0.892. The molecule has 1 saturated heterocycles. The van der Waals surface area contributed by atoms with Crippen molar-refractivity contribution in [1.82, 2.24) is 5.32 Å². The molecule has 7 heteroatoms. The fourth-order valence-corrected chi connectivity index (χ4v) is 1.03. The molecule has 1 N–H and O–H groups in total. The second kappa shape index (κ2) is 3.47. The van der Waals surface area contributed by atoms with Gasteiger partial charge in [-0.25, -0.2) is 0 Å². The largest absolute Gasteiger partial charge is 0.471 e. The van der Waals surface area contributed by atoms with Gasteiger partial charge < -0.3 is 10.1 Å². The number of esters is 1. The molecule has 1 fully saturated rings. The van der Waals surface area contributed by atoms with Crippen LogP contribution in [0.15, 0.2) is 0 Å². The van der Waals surface area contributed by atoms with E-state index in [1.807, 2.05) is 0 Å². The van der Waals surface area contributed by atoms with Crippen molar-refractivity contribution in [1.29, 1.82) is 0 Å². The van der Waals surface area contributed by atoms with Crippen LogP contribution in [-0.4, -0.2) is 30.7 Å². The van der Waals surface area contributed by atoms with Gasteiger partial charge in [-0.05, 0) is 6.92 Å². The third-order valence-electron chi connectivity index (χ3n) is 1.95. The first kappa shape index (κ1) is 10.8. The molecule has 0 aromatic carbocycles. The highest BCUT2D eigenvalue weighted by Crippen LogP contribution is 2.18. The number of amides is 1. The number of nitrogens with one attached hydrogen (secondary N) is 1. The molecule has 0 saturated carbocycles. The minimum absolute atomic E-state index is 0.207. The van der Waals surface area contributed by atoms with E-state index in [0.29, 0.717) is 0 Å². The number of cyclic esters (lactones) is 1. The SMILES string of the molecule is C[C@H]1C(=O)OC[C@H]1NC(=O)C(F)(F)F. The van der Waals surface area contributed by atoms with E-state index in [0.717, 1.165) is 0 Å². The Balaban J connectivity index is 2.54. The molecule has 4 nitrogen and oxygen atoms in total. The van der Waals surface area contributed by atoms with Crippen molar-refractivity contribution in [2.24, 2.45) is 5.92 Å². The Morgan fingerprint density at radius 2 is 2.14 bits per heavy atom. The predicted molar refractivity (Wildman–Crippen MR) is 38.1 cm³/mol. The van der Waals surface area contributed by atoms with Gasteiger partial charge in [0.2, 0.25) is 0 Å². The Kier molecular flexibility index (Phi) is 2.68. The van der Waals surface area contributed by atoms with E-state index >= 15 is 0 Å². The van der Waals surface area contributed by atoms with Crippen molar-refractivity contribution in [2.75, 3.05) is 6.61 Å². The Labute approximate surface area is 77.4 Å². The van der Waals surface area contributed by atoms with E-state index in [9.17, 15) is 22.8 Å². The Morgan fingerprint density at radius 1 is 1.57 bits per heavy atom. The molecule has 0 radical (unpaired) electrons. The lowest BCUT2D eigenvalue weighted by Gasteiger charge is -2.14. The Hall–Kier alpha value is -1.27. The van der Waals surface area contributed by atoms with Crippen molar-refractivity contribution in [3.8, 4) is 0 Å². The number of hydrogen-bond donors (Lipinski definition) is 1. The van der Waals surface area contributed by atoms with Gasteiger partial charge in [-0.15, -0.1) is 0 Å². The highest BCUT2D eigenvalue weighted by atomic mass is 19.4. The van der Waals surface area contributed by atoms with E-state index in [2.05, 4.69) is 4.74 Å². The van der Waals surface area contributed by atoms with Gasteiger partial charge in [0.1, 0.15) is 6.61 Å². The highest BCUT2D eigenvalue weighted by molar-refractivity contribution is 5.83. The van der Waals surface area contributed by atoms with Crippen LogP contribution in [0.3, 0.4) is 0 Å². The maximum absolute atomic E-state index is 11.8. The molecule has 0 aromatic rings. The second-order valence-corrected chi connectivity index (χ2v) is 3.00. The molecule has 1 amide bonds. The average Bonchev–Trinajstić information content (AvgIpc) is 2.34. The van der Waals surface area contributed by atoms with E-state index < -0.39 is 30.0 Å². The molecule has 1 aliphatic heterocycles. The van der Waals surface area contributed by atoms with Gasteiger partial charge in [-0.3, -0.25) is 9.59 Å². The normalized spacial score (nSPS) is 27.3. The van der Waals surface area contributed by atoms with Crippen LogP contribution in [0.4, 0.5) is 13.2 Å². The zero-order valence-electron chi connectivity index (χ0n) is 7.22. The van der Waals surface area contributed by atoms with Crippen LogP contribution in [0.25, 0.3) is 0 Å². The summed E-state index contributed by atoms with van der Waals surface area (Å²) in [6.07, 6.45) is -4.93. The summed E-state index contributed by atoms with van der Waals surface area (Å²) >= 11 is 0. The summed E-state index contributed by atoms with van der Waals surface area (Å²) in [5.41, 5.74) is 0. The molecule has 0 aliphatic carbocycles. The maximum Gasteiger partial charge on any atom is 0.471 e. The summed E-state index contributed by atoms with van der Waals surface area (Å²) in [6.45, 7) is 1.19. The number of hydrogen-bond acceptors (Lipinski definition) is 3. The van der Waals surface area contributed by atoms with Crippen molar-refractivity contribution >= 4 is 11.9 Å². The number of alkyl halides is 3. The van der Waals surface area contributed by atoms with E-state index in [1.165, 1.54) is 6.92 Å². The van der Waals surface area contributed by atoms with Crippen LogP contribution >= 0.6 is 0 Å². The molecule has 2 atom stereocenters. The van der Waals surface area contributed by atoms with Crippen LogP contribution in [0.2, 0.25) is 0 Å². The van der Waals surface area contributed by atoms with E-state index in [1.54, 1.807) is 5.32 Å². The zero-order chi connectivity index (χ0) is 10.9. The molecule has 0 unspecified atom stereocenters. The molecule has 1 aliphatic rings. The predicted octanol–water partition coefficient (Wildman–Crippen LogP) is 0.226. The van der Waals surface area contributed by atoms with Gasteiger partial charge in [-0.1, -0.05) is 0 Å². The first-order chi connectivity index (χ1) is 6.32. The minimum atomic E-state index is -4.93. The second-order valence-electron chi connectivity index (χ2n) is 3.00. The molecule has 0 bridgehead atoms. The number of halogens is 3. The average molecular weight is 211 g/mol. The van der Waals surface area contributed by atoms with Gasteiger partial charge >= 0.3 is 18.1 Å².